The second kappa shape index (κ2) is 10.7. The van der Waals surface area contributed by atoms with Gasteiger partial charge in [-0.05, 0) is 39.7 Å². The molecule has 0 amide bonds. The molecule has 0 atom stereocenters. The van der Waals surface area contributed by atoms with Crippen LogP contribution in [0.2, 0.25) is 0 Å². The quantitative estimate of drug-likeness (QED) is 0.221. The summed E-state index contributed by atoms with van der Waals surface area (Å²) < 4.78 is 31.9. The molecule has 31 heavy (non-hydrogen) atoms. The Kier molecular flexibility index (Phi) is 8.32. The first-order valence-corrected chi connectivity index (χ1v) is 9.75. The van der Waals surface area contributed by atoms with Crippen molar-refractivity contribution in [3.8, 4) is 34.5 Å². The number of carbonyl (C=O) groups is 2. The van der Waals surface area contributed by atoms with E-state index in [9.17, 15) is 9.59 Å². The number of benzene rings is 2. The second-order valence-corrected chi connectivity index (χ2v) is 6.93. The lowest BCUT2D eigenvalue weighted by molar-refractivity contribution is -0.131. The molecule has 0 aromatic heterocycles. The molecule has 9 heteroatoms. The van der Waals surface area contributed by atoms with Gasteiger partial charge in [0.15, 0.2) is 11.5 Å². The molecule has 0 heterocycles. The average Bonchev–Trinajstić information content (AvgIpc) is 2.76. The summed E-state index contributed by atoms with van der Waals surface area (Å²) in [4.78, 5) is 24.8. The Bertz CT molecular complexity index is 988. The molecule has 0 spiro atoms. The van der Waals surface area contributed by atoms with Crippen LogP contribution < -0.4 is 28.4 Å². The lowest BCUT2D eigenvalue weighted by Crippen LogP contribution is -2.10. The number of ether oxygens (including phenoxy) is 6. The first-order chi connectivity index (χ1) is 14.8. The Morgan fingerprint density at radius 1 is 0.774 bits per heavy atom. The lowest BCUT2D eigenvalue weighted by Gasteiger charge is -2.15. The molecule has 166 valence electrons. The zero-order valence-electron chi connectivity index (χ0n) is 18.0. The molecule has 8 nitrogen and oxygen atoms in total. The maximum atomic E-state index is 13.2. The van der Waals surface area contributed by atoms with E-state index in [0.717, 1.165) is 0 Å². The number of hydrogen-bond acceptors (Lipinski definition) is 8. The number of carbonyl (C=O) groups excluding carboxylic acids is 2. The Morgan fingerprint density at radius 2 is 1.32 bits per heavy atom. The van der Waals surface area contributed by atoms with E-state index in [2.05, 4.69) is 15.9 Å². The van der Waals surface area contributed by atoms with Crippen molar-refractivity contribution in [2.75, 3.05) is 35.5 Å². The van der Waals surface area contributed by atoms with Crippen molar-refractivity contribution in [3.05, 3.63) is 39.9 Å². The number of methoxy groups -OCH3 is 5. The number of allylic oxidation sites excluding steroid dienone is 1. The Hall–Kier alpha value is -3.20. The van der Waals surface area contributed by atoms with Crippen molar-refractivity contribution >= 4 is 33.8 Å². The third-order valence-corrected chi connectivity index (χ3v) is 4.76. The van der Waals surface area contributed by atoms with Crippen LogP contribution in [0.15, 0.2) is 28.7 Å². The summed E-state index contributed by atoms with van der Waals surface area (Å²) in [5, 5.41) is 0. The van der Waals surface area contributed by atoms with E-state index in [1.807, 2.05) is 0 Å². The maximum Gasteiger partial charge on any atom is 0.308 e. The fraction of sp³-hybridized carbons (Fsp3) is 0.273. The Labute approximate surface area is 188 Å². The first-order valence-electron chi connectivity index (χ1n) is 8.95. The minimum atomic E-state index is -0.589. The third-order valence-electron chi connectivity index (χ3n) is 4.17. The Balaban J connectivity index is 2.59. The summed E-state index contributed by atoms with van der Waals surface area (Å²) in [6.45, 7) is 1.24. The average molecular weight is 495 g/mol. The molecular weight excluding hydrogens is 472 g/mol. The number of ketones is 1. The monoisotopic (exact) mass is 494 g/mol. The van der Waals surface area contributed by atoms with Gasteiger partial charge in [0, 0.05) is 19.1 Å². The fourth-order valence-corrected chi connectivity index (χ4v) is 3.28. The molecule has 0 saturated heterocycles. The van der Waals surface area contributed by atoms with Crippen molar-refractivity contribution < 1.29 is 38.0 Å². The number of hydrogen-bond donors (Lipinski definition) is 0. The SMILES string of the molecule is COc1cc(OC)c(C(=O)/C(Br)=C/c2cc(OC)c(OC)c(OC)c2)c(OC(C)=O)c1. The minimum Gasteiger partial charge on any atom is -0.496 e. The predicted octanol–water partition coefficient (Wildman–Crippen LogP) is 4.27. The number of Topliss-reactive ketones (excluding diaryl/α,β-unsaturated/α-hetero) is 1. The van der Waals surface area contributed by atoms with Gasteiger partial charge in [-0.3, -0.25) is 9.59 Å². The van der Waals surface area contributed by atoms with Crippen LogP contribution >= 0.6 is 15.9 Å². The van der Waals surface area contributed by atoms with Crippen LogP contribution in [-0.4, -0.2) is 47.3 Å². The van der Waals surface area contributed by atoms with Crippen molar-refractivity contribution in [1.29, 1.82) is 0 Å². The molecule has 0 aliphatic rings. The van der Waals surface area contributed by atoms with Crippen LogP contribution in [0.1, 0.15) is 22.8 Å². The van der Waals surface area contributed by atoms with Gasteiger partial charge in [0.1, 0.15) is 22.8 Å². The van der Waals surface area contributed by atoms with Crippen LogP contribution in [0.5, 0.6) is 34.5 Å². The van der Waals surface area contributed by atoms with Crippen LogP contribution in [0.4, 0.5) is 0 Å². The van der Waals surface area contributed by atoms with Gasteiger partial charge in [0.05, 0.1) is 40.0 Å². The van der Waals surface area contributed by atoms with Gasteiger partial charge in [-0.25, -0.2) is 0 Å². The molecule has 2 aromatic carbocycles. The standard InChI is InChI=1S/C22H23BrO8/c1-12(24)31-17-11-14(26-2)10-16(27-3)20(17)21(25)15(23)7-13-8-18(28-4)22(30-6)19(9-13)29-5/h7-11H,1-6H3/b15-7-. The number of esters is 1. The molecule has 0 radical (unpaired) electrons. The largest absolute Gasteiger partial charge is 0.496 e. The zero-order chi connectivity index (χ0) is 23.1. The van der Waals surface area contributed by atoms with E-state index in [0.29, 0.717) is 28.6 Å². The summed E-state index contributed by atoms with van der Waals surface area (Å²) in [6, 6.07) is 6.35. The normalized spacial score (nSPS) is 10.9. The van der Waals surface area contributed by atoms with E-state index in [1.165, 1.54) is 54.6 Å². The number of halogens is 1. The van der Waals surface area contributed by atoms with Crippen molar-refractivity contribution in [2.45, 2.75) is 6.92 Å². The maximum absolute atomic E-state index is 13.2. The van der Waals surface area contributed by atoms with Gasteiger partial charge >= 0.3 is 5.97 Å². The van der Waals surface area contributed by atoms with Crippen LogP contribution in [0.3, 0.4) is 0 Å². The summed E-state index contributed by atoms with van der Waals surface area (Å²) in [5.41, 5.74) is 0.672. The van der Waals surface area contributed by atoms with Gasteiger partial charge in [0.25, 0.3) is 0 Å². The van der Waals surface area contributed by atoms with Crippen molar-refractivity contribution in [3.63, 3.8) is 0 Å². The van der Waals surface area contributed by atoms with Gasteiger partial charge in [0.2, 0.25) is 11.5 Å². The van der Waals surface area contributed by atoms with E-state index in [1.54, 1.807) is 18.2 Å². The van der Waals surface area contributed by atoms with Gasteiger partial charge < -0.3 is 28.4 Å². The number of rotatable bonds is 9. The molecular formula is C22H23BrO8. The predicted molar refractivity (Wildman–Crippen MR) is 118 cm³/mol. The van der Waals surface area contributed by atoms with E-state index >= 15 is 0 Å². The topological polar surface area (TPSA) is 89.5 Å². The van der Waals surface area contributed by atoms with Crippen molar-refractivity contribution in [2.24, 2.45) is 0 Å². The highest BCUT2D eigenvalue weighted by atomic mass is 79.9. The van der Waals surface area contributed by atoms with Gasteiger partial charge in [-0.15, -0.1) is 0 Å². The summed E-state index contributed by atoms with van der Waals surface area (Å²) >= 11 is 3.32. The molecule has 0 unspecified atom stereocenters. The highest BCUT2D eigenvalue weighted by Crippen LogP contribution is 2.40. The fourth-order valence-electron chi connectivity index (χ4n) is 2.82. The van der Waals surface area contributed by atoms with Crippen LogP contribution in [-0.2, 0) is 4.79 Å². The van der Waals surface area contributed by atoms with Gasteiger partial charge in [-0.2, -0.15) is 0 Å². The summed E-state index contributed by atoms with van der Waals surface area (Å²) in [6.07, 6.45) is 1.58. The Morgan fingerprint density at radius 3 is 1.77 bits per heavy atom. The van der Waals surface area contributed by atoms with E-state index < -0.39 is 11.8 Å². The van der Waals surface area contributed by atoms with E-state index in [-0.39, 0.29) is 21.5 Å². The summed E-state index contributed by atoms with van der Waals surface area (Å²) in [7, 11) is 7.35. The van der Waals surface area contributed by atoms with Crippen molar-refractivity contribution in [1.82, 2.24) is 0 Å². The summed E-state index contributed by atoms with van der Waals surface area (Å²) in [5.74, 6) is 0.818. The molecule has 0 saturated carbocycles. The third kappa shape index (κ3) is 5.49. The van der Waals surface area contributed by atoms with Gasteiger partial charge in [-0.1, -0.05) is 0 Å². The molecule has 0 bridgehead atoms. The lowest BCUT2D eigenvalue weighted by atomic mass is 10.1. The highest BCUT2D eigenvalue weighted by Gasteiger charge is 2.24. The van der Waals surface area contributed by atoms with E-state index in [4.69, 9.17) is 28.4 Å². The smallest absolute Gasteiger partial charge is 0.308 e. The molecule has 2 rings (SSSR count). The minimum absolute atomic E-state index is 0.0175. The first kappa shape index (κ1) is 24.1. The van der Waals surface area contributed by atoms with Crippen LogP contribution in [0.25, 0.3) is 6.08 Å². The zero-order valence-corrected chi connectivity index (χ0v) is 19.6. The molecule has 0 aliphatic carbocycles. The highest BCUT2D eigenvalue weighted by molar-refractivity contribution is 9.12. The molecule has 0 aliphatic heterocycles. The molecule has 2 aromatic rings. The molecule has 0 N–H and O–H groups in total. The molecule has 0 fully saturated rings. The second-order valence-electron chi connectivity index (χ2n) is 6.08. The van der Waals surface area contributed by atoms with Crippen LogP contribution in [0, 0.1) is 0 Å².